The molecule has 2 heterocycles. The molecule has 12 nitrogen and oxygen atoms in total. The van der Waals surface area contributed by atoms with Crippen LogP contribution in [0, 0.1) is 0 Å². The van der Waals surface area contributed by atoms with Gasteiger partial charge in [-0.15, -0.1) is 0 Å². The lowest BCUT2D eigenvalue weighted by Crippen LogP contribution is -2.36. The molecule has 1 saturated heterocycles. The molecule has 13 heteroatoms. The Morgan fingerprint density at radius 2 is 1.92 bits per heavy atom. The lowest BCUT2D eigenvalue weighted by molar-refractivity contribution is -0.0560. The van der Waals surface area contributed by atoms with Gasteiger partial charge in [0.05, 0.1) is 19.8 Å². The molecule has 148 valence electrons. The van der Waals surface area contributed by atoms with Crippen LogP contribution < -0.4 is 11.2 Å². The third-order valence-electron chi connectivity index (χ3n) is 3.53. The molecule has 0 bridgehead atoms. The Bertz CT molecular complexity index is 690. The van der Waals surface area contributed by atoms with Crippen LogP contribution in [0.4, 0.5) is 5.82 Å². The summed E-state index contributed by atoms with van der Waals surface area (Å²) >= 11 is 0. The number of rotatable bonds is 9. The molecule has 4 N–H and O–H groups in total. The smallest absolute Gasteiger partial charge is 0.387 e. The fraction of sp³-hybridized carbons (Fsp3) is 0.692. The summed E-state index contributed by atoms with van der Waals surface area (Å²) in [4.78, 5) is 15.5. The van der Waals surface area contributed by atoms with E-state index in [0.29, 0.717) is 0 Å². The number of phosphoric ester groups is 1. The predicted octanol–water partition coefficient (Wildman–Crippen LogP) is -0.139. The summed E-state index contributed by atoms with van der Waals surface area (Å²) in [6.07, 6.45) is -3.99. The van der Waals surface area contributed by atoms with Gasteiger partial charge in [-0.25, -0.2) is 9.36 Å². The maximum atomic E-state index is 12.3. The van der Waals surface area contributed by atoms with Gasteiger partial charge in [-0.1, -0.05) is 0 Å². The van der Waals surface area contributed by atoms with E-state index in [4.69, 9.17) is 23.5 Å². The molecule has 0 spiro atoms. The number of ether oxygens (including phenoxy) is 1. The van der Waals surface area contributed by atoms with E-state index in [2.05, 4.69) is 4.98 Å². The molecular formula is C13H22N3O9P. The van der Waals surface area contributed by atoms with E-state index in [1.54, 1.807) is 19.3 Å². The lowest BCUT2D eigenvalue weighted by atomic mass is 10.1. The zero-order chi connectivity index (χ0) is 19.3. The molecule has 1 fully saturated rings. The first-order valence-corrected chi connectivity index (χ1v) is 9.35. The standard InChI is InChI=1S/C13H22N3O9P/c1-3-22-26(21,23-4-2)24-7-8-10(17)11(18)12(25-8)16-6-5-9(15-20)14-13(16)19/h5-6,8,10-12,17-18,20H,3-4,7H2,1-2H3,(H,14,15,19)/t8-,10+,11?,12-/m1/s1. The number of aliphatic hydroxyl groups is 2. The Labute approximate surface area is 148 Å². The second-order valence-corrected chi connectivity index (χ2v) is 6.91. The third kappa shape index (κ3) is 4.67. The molecule has 0 amide bonds. The molecule has 0 aromatic carbocycles. The van der Waals surface area contributed by atoms with Crippen molar-refractivity contribution in [2.45, 2.75) is 38.4 Å². The van der Waals surface area contributed by atoms with Gasteiger partial charge in [-0.05, 0) is 19.9 Å². The number of aliphatic hydroxyl groups excluding tert-OH is 2. The van der Waals surface area contributed by atoms with E-state index in [-0.39, 0.29) is 19.0 Å². The molecule has 26 heavy (non-hydrogen) atoms. The quantitative estimate of drug-likeness (QED) is 0.325. The average molecular weight is 395 g/mol. The molecule has 1 aliphatic heterocycles. The summed E-state index contributed by atoms with van der Waals surface area (Å²) in [6.45, 7) is 3.00. The van der Waals surface area contributed by atoms with Gasteiger partial charge in [0, 0.05) is 6.20 Å². The Hall–Kier alpha value is -1.37. The number of anilines is 1. The topological polar surface area (TPSA) is 162 Å². The largest absolute Gasteiger partial charge is 0.474 e. The van der Waals surface area contributed by atoms with Crippen molar-refractivity contribution in [3.05, 3.63) is 22.7 Å². The minimum atomic E-state index is -3.82. The highest BCUT2D eigenvalue weighted by atomic mass is 31.2. The monoisotopic (exact) mass is 395 g/mol. The molecule has 1 aromatic heterocycles. The number of nitrogens with one attached hydrogen (secondary N) is 1. The normalized spacial score (nSPS) is 26.2. The Morgan fingerprint density at radius 3 is 2.46 bits per heavy atom. The van der Waals surface area contributed by atoms with E-state index in [1.165, 1.54) is 12.3 Å². The van der Waals surface area contributed by atoms with Crippen LogP contribution in [0.5, 0.6) is 0 Å². The van der Waals surface area contributed by atoms with E-state index < -0.39 is 44.7 Å². The fourth-order valence-corrected chi connectivity index (χ4v) is 3.54. The van der Waals surface area contributed by atoms with Crippen LogP contribution in [0.25, 0.3) is 0 Å². The second kappa shape index (κ2) is 9.02. The molecule has 0 aliphatic carbocycles. The van der Waals surface area contributed by atoms with Gasteiger partial charge in [0.2, 0.25) is 0 Å². The number of nitrogens with zero attached hydrogens (tertiary/aromatic N) is 2. The summed E-state index contributed by atoms with van der Waals surface area (Å²) in [5.41, 5.74) is 0.896. The van der Waals surface area contributed by atoms with Crippen molar-refractivity contribution in [2.75, 3.05) is 25.3 Å². The first-order chi connectivity index (χ1) is 12.3. The second-order valence-electron chi connectivity index (χ2n) is 5.24. The zero-order valence-corrected chi connectivity index (χ0v) is 15.1. The number of phosphoric acid groups is 1. The maximum absolute atomic E-state index is 12.3. The highest BCUT2D eigenvalue weighted by Crippen LogP contribution is 2.49. The van der Waals surface area contributed by atoms with Gasteiger partial charge >= 0.3 is 13.5 Å². The van der Waals surface area contributed by atoms with E-state index in [0.717, 1.165) is 4.57 Å². The molecule has 2 rings (SSSR count). The molecule has 4 atom stereocenters. The highest BCUT2D eigenvalue weighted by molar-refractivity contribution is 7.48. The van der Waals surface area contributed by atoms with E-state index in [9.17, 15) is 19.6 Å². The first-order valence-electron chi connectivity index (χ1n) is 7.89. The van der Waals surface area contributed by atoms with Gasteiger partial charge in [0.25, 0.3) is 0 Å². The number of hydrogen-bond donors (Lipinski definition) is 4. The van der Waals surface area contributed by atoms with Gasteiger partial charge in [-0.3, -0.25) is 28.8 Å². The average Bonchev–Trinajstić information content (AvgIpc) is 2.88. The first kappa shape index (κ1) is 20.9. The van der Waals surface area contributed by atoms with Crippen LogP contribution in [0.3, 0.4) is 0 Å². The summed E-state index contributed by atoms with van der Waals surface area (Å²) in [6, 6.07) is 1.27. The SMILES string of the molecule is CCOP(=O)(OCC)OC[C@H]1O[C@@H](n2ccc(NO)nc2=O)C(O)[C@H]1O. The number of aromatic nitrogens is 2. The van der Waals surface area contributed by atoms with Crippen molar-refractivity contribution < 1.29 is 38.3 Å². The molecule has 1 aliphatic rings. The third-order valence-corrected chi connectivity index (χ3v) is 5.14. The summed E-state index contributed by atoms with van der Waals surface area (Å²) < 4.78 is 33.7. The van der Waals surface area contributed by atoms with Gasteiger partial charge in [0.15, 0.2) is 12.0 Å². The van der Waals surface area contributed by atoms with Crippen molar-refractivity contribution >= 4 is 13.6 Å². The van der Waals surface area contributed by atoms with Crippen LogP contribution in [0.15, 0.2) is 17.1 Å². The molecule has 0 saturated carbocycles. The maximum Gasteiger partial charge on any atom is 0.474 e. The Kier molecular flexibility index (Phi) is 7.26. The number of hydrogen-bond acceptors (Lipinski definition) is 11. The minimum Gasteiger partial charge on any atom is -0.387 e. The molecule has 1 aromatic rings. The zero-order valence-electron chi connectivity index (χ0n) is 14.2. The lowest BCUT2D eigenvalue weighted by Gasteiger charge is -2.20. The van der Waals surface area contributed by atoms with Gasteiger partial charge < -0.3 is 14.9 Å². The molecule has 0 radical (unpaired) electrons. The van der Waals surface area contributed by atoms with Crippen LogP contribution in [-0.4, -0.2) is 63.1 Å². The Balaban J connectivity index is 2.09. The summed E-state index contributed by atoms with van der Waals surface area (Å²) in [5.74, 6) is -0.0893. The molecule has 1 unspecified atom stereocenters. The van der Waals surface area contributed by atoms with E-state index >= 15 is 0 Å². The fourth-order valence-electron chi connectivity index (χ4n) is 2.36. The summed E-state index contributed by atoms with van der Waals surface area (Å²) in [7, 11) is -3.82. The van der Waals surface area contributed by atoms with Gasteiger partial charge in [-0.2, -0.15) is 4.98 Å². The van der Waals surface area contributed by atoms with Crippen LogP contribution in [0.2, 0.25) is 0 Å². The summed E-state index contributed by atoms with van der Waals surface area (Å²) in [5, 5.41) is 29.0. The van der Waals surface area contributed by atoms with Crippen LogP contribution in [-0.2, 0) is 22.9 Å². The van der Waals surface area contributed by atoms with E-state index in [1.807, 2.05) is 0 Å². The van der Waals surface area contributed by atoms with Crippen molar-refractivity contribution in [1.82, 2.24) is 9.55 Å². The predicted molar refractivity (Wildman–Crippen MR) is 86.6 cm³/mol. The van der Waals surface area contributed by atoms with Crippen molar-refractivity contribution in [3.8, 4) is 0 Å². The van der Waals surface area contributed by atoms with Crippen molar-refractivity contribution in [1.29, 1.82) is 0 Å². The minimum absolute atomic E-state index is 0.0862. The van der Waals surface area contributed by atoms with Crippen LogP contribution >= 0.6 is 7.82 Å². The highest BCUT2D eigenvalue weighted by Gasteiger charge is 2.45. The van der Waals surface area contributed by atoms with Gasteiger partial charge in [0.1, 0.15) is 18.3 Å². The molecular weight excluding hydrogens is 373 g/mol. The van der Waals surface area contributed by atoms with Crippen molar-refractivity contribution in [2.24, 2.45) is 0 Å². The Morgan fingerprint density at radius 1 is 1.27 bits per heavy atom. The van der Waals surface area contributed by atoms with Crippen LogP contribution in [0.1, 0.15) is 20.1 Å². The van der Waals surface area contributed by atoms with Crippen molar-refractivity contribution in [3.63, 3.8) is 0 Å².